The Bertz CT molecular complexity index is 868. The van der Waals surface area contributed by atoms with Crippen LogP contribution in [0, 0.1) is 11.2 Å². The monoisotopic (exact) mass is 358 g/mol. The predicted octanol–water partition coefficient (Wildman–Crippen LogP) is 4.40. The number of aromatic nitrogens is 2. The van der Waals surface area contributed by atoms with E-state index in [0.29, 0.717) is 11.4 Å². The number of hydrogen-bond donors (Lipinski definition) is 0. The smallest absolute Gasteiger partial charge is 0.359 e. The molecule has 3 rings (SSSR count). The van der Waals surface area contributed by atoms with Crippen molar-refractivity contribution < 1.29 is 18.7 Å². The first-order valence-electron chi connectivity index (χ1n) is 8.68. The SMILES string of the molecule is CCOC(=O)c1ncn(-c2cc(OC)ccc2F)c1C1=CCCC1(C)C. The topological polar surface area (TPSA) is 53.3 Å². The molecule has 6 heteroatoms. The second kappa shape index (κ2) is 6.94. The second-order valence-corrected chi connectivity index (χ2v) is 6.89. The number of allylic oxidation sites excluding steroid dienone is 2. The van der Waals surface area contributed by atoms with Crippen molar-refractivity contribution in [1.29, 1.82) is 0 Å². The largest absolute Gasteiger partial charge is 0.497 e. The van der Waals surface area contributed by atoms with E-state index in [4.69, 9.17) is 9.47 Å². The van der Waals surface area contributed by atoms with E-state index in [2.05, 4.69) is 24.9 Å². The van der Waals surface area contributed by atoms with Gasteiger partial charge in [0.2, 0.25) is 0 Å². The number of ether oxygens (including phenoxy) is 2. The number of methoxy groups -OCH3 is 1. The van der Waals surface area contributed by atoms with Gasteiger partial charge in [0.15, 0.2) is 5.69 Å². The molecule has 1 heterocycles. The van der Waals surface area contributed by atoms with Crippen LogP contribution in [0.5, 0.6) is 5.75 Å². The highest BCUT2D eigenvalue weighted by atomic mass is 19.1. The third-order valence-corrected chi connectivity index (χ3v) is 4.75. The molecule has 5 nitrogen and oxygen atoms in total. The molecule has 0 unspecified atom stereocenters. The maximum Gasteiger partial charge on any atom is 0.359 e. The summed E-state index contributed by atoms with van der Waals surface area (Å²) in [5, 5.41) is 0. The van der Waals surface area contributed by atoms with Gasteiger partial charge in [0, 0.05) is 6.07 Å². The number of hydrogen-bond acceptors (Lipinski definition) is 4. The molecule has 0 bridgehead atoms. The first-order chi connectivity index (χ1) is 12.4. The van der Waals surface area contributed by atoms with Gasteiger partial charge < -0.3 is 9.47 Å². The highest BCUT2D eigenvalue weighted by molar-refractivity contribution is 5.94. The van der Waals surface area contributed by atoms with Crippen molar-refractivity contribution in [3.05, 3.63) is 47.8 Å². The number of carbonyl (C=O) groups excluding carboxylic acids is 1. The molecular formula is C20H23FN2O3. The zero-order chi connectivity index (χ0) is 18.9. The normalized spacial score (nSPS) is 15.7. The molecule has 138 valence electrons. The van der Waals surface area contributed by atoms with E-state index in [9.17, 15) is 9.18 Å². The lowest BCUT2D eigenvalue weighted by molar-refractivity contribution is 0.0519. The number of halogens is 1. The molecule has 1 aliphatic rings. The first kappa shape index (κ1) is 18.2. The standard InChI is InChI=1S/C20H23FN2O3/c1-5-26-19(24)17-18(14-7-6-10-20(14,2)3)23(12-22-17)16-11-13(25-4)8-9-15(16)21/h7-9,11-12H,5-6,10H2,1-4H3. The fourth-order valence-electron chi connectivity index (χ4n) is 3.35. The minimum Gasteiger partial charge on any atom is -0.497 e. The van der Waals surface area contributed by atoms with E-state index in [1.54, 1.807) is 23.6 Å². The number of nitrogens with zero attached hydrogens (tertiary/aromatic N) is 2. The van der Waals surface area contributed by atoms with Gasteiger partial charge in [-0.3, -0.25) is 4.57 Å². The van der Waals surface area contributed by atoms with Crippen molar-refractivity contribution in [3.8, 4) is 11.4 Å². The summed E-state index contributed by atoms with van der Waals surface area (Å²) in [4.78, 5) is 16.7. The van der Waals surface area contributed by atoms with E-state index in [-0.39, 0.29) is 23.4 Å². The lowest BCUT2D eigenvalue weighted by Crippen LogP contribution is -2.16. The maximum absolute atomic E-state index is 14.6. The van der Waals surface area contributed by atoms with Gasteiger partial charge in [-0.1, -0.05) is 19.9 Å². The Morgan fingerprint density at radius 2 is 2.15 bits per heavy atom. The van der Waals surface area contributed by atoms with Gasteiger partial charge in [-0.25, -0.2) is 14.2 Å². The zero-order valence-electron chi connectivity index (χ0n) is 15.5. The molecule has 26 heavy (non-hydrogen) atoms. The van der Waals surface area contributed by atoms with Gasteiger partial charge in [0.1, 0.15) is 17.9 Å². The van der Waals surface area contributed by atoms with Crippen LogP contribution < -0.4 is 4.74 Å². The Hall–Kier alpha value is -2.63. The first-order valence-corrected chi connectivity index (χ1v) is 8.68. The van der Waals surface area contributed by atoms with E-state index >= 15 is 0 Å². The van der Waals surface area contributed by atoms with Gasteiger partial charge in [0.05, 0.1) is 25.1 Å². The van der Waals surface area contributed by atoms with Crippen LogP contribution in [0.3, 0.4) is 0 Å². The number of rotatable bonds is 5. The minimum absolute atomic E-state index is 0.144. The molecule has 1 aliphatic carbocycles. The number of benzene rings is 1. The Morgan fingerprint density at radius 3 is 2.77 bits per heavy atom. The van der Waals surface area contributed by atoms with Crippen LogP contribution in [0.4, 0.5) is 4.39 Å². The molecular weight excluding hydrogens is 335 g/mol. The maximum atomic E-state index is 14.6. The van der Waals surface area contributed by atoms with Gasteiger partial charge in [-0.05, 0) is 42.9 Å². The Kier molecular flexibility index (Phi) is 4.85. The quantitative estimate of drug-likeness (QED) is 0.744. The molecule has 0 amide bonds. The summed E-state index contributed by atoms with van der Waals surface area (Å²) >= 11 is 0. The molecule has 0 spiro atoms. The molecule has 0 radical (unpaired) electrons. The van der Waals surface area contributed by atoms with Crippen molar-refractivity contribution in [3.63, 3.8) is 0 Å². The summed E-state index contributed by atoms with van der Waals surface area (Å²) < 4.78 is 26.6. The van der Waals surface area contributed by atoms with Crippen LogP contribution in [0.15, 0.2) is 30.6 Å². The van der Waals surface area contributed by atoms with Crippen LogP contribution in [0.1, 0.15) is 49.8 Å². The highest BCUT2D eigenvalue weighted by Crippen LogP contribution is 2.45. The summed E-state index contributed by atoms with van der Waals surface area (Å²) in [5.41, 5.74) is 1.90. The van der Waals surface area contributed by atoms with Crippen LogP contribution in [0.2, 0.25) is 0 Å². The average molecular weight is 358 g/mol. The minimum atomic E-state index is -0.506. The lowest BCUT2D eigenvalue weighted by Gasteiger charge is -2.24. The molecule has 1 aromatic heterocycles. The molecule has 0 N–H and O–H groups in total. The van der Waals surface area contributed by atoms with E-state index < -0.39 is 11.8 Å². The van der Waals surface area contributed by atoms with Crippen molar-refractivity contribution >= 4 is 11.5 Å². The van der Waals surface area contributed by atoms with Crippen LogP contribution >= 0.6 is 0 Å². The summed E-state index contributed by atoms with van der Waals surface area (Å²) in [6.07, 6.45) is 5.41. The second-order valence-electron chi connectivity index (χ2n) is 6.89. The summed E-state index contributed by atoms with van der Waals surface area (Å²) in [6, 6.07) is 4.49. The molecule has 0 atom stereocenters. The lowest BCUT2D eigenvalue weighted by atomic mass is 9.83. The van der Waals surface area contributed by atoms with Gasteiger partial charge in [-0.2, -0.15) is 0 Å². The number of imidazole rings is 1. The van der Waals surface area contributed by atoms with E-state index in [1.165, 1.54) is 19.5 Å². The van der Waals surface area contributed by atoms with Crippen molar-refractivity contribution in [2.45, 2.75) is 33.6 Å². The molecule has 0 saturated carbocycles. The number of carbonyl (C=O) groups is 1. The van der Waals surface area contributed by atoms with Crippen LogP contribution in [0.25, 0.3) is 11.3 Å². The molecule has 0 aliphatic heterocycles. The average Bonchev–Trinajstić information content (AvgIpc) is 3.18. The molecule has 1 aromatic carbocycles. The van der Waals surface area contributed by atoms with Crippen LogP contribution in [-0.2, 0) is 4.74 Å². The van der Waals surface area contributed by atoms with Gasteiger partial charge >= 0.3 is 5.97 Å². The predicted molar refractivity (Wildman–Crippen MR) is 97.0 cm³/mol. The third kappa shape index (κ3) is 3.11. The van der Waals surface area contributed by atoms with Crippen molar-refractivity contribution in [2.75, 3.05) is 13.7 Å². The van der Waals surface area contributed by atoms with E-state index in [0.717, 1.165) is 18.4 Å². The Balaban J connectivity index is 2.23. The van der Waals surface area contributed by atoms with Crippen molar-refractivity contribution in [1.82, 2.24) is 9.55 Å². The highest BCUT2D eigenvalue weighted by Gasteiger charge is 2.34. The summed E-state index contributed by atoms with van der Waals surface area (Å²) in [7, 11) is 1.53. The van der Waals surface area contributed by atoms with Crippen LogP contribution in [-0.4, -0.2) is 29.2 Å². The van der Waals surface area contributed by atoms with Crippen molar-refractivity contribution in [2.24, 2.45) is 5.41 Å². The molecule has 0 saturated heterocycles. The molecule has 2 aromatic rings. The van der Waals surface area contributed by atoms with Gasteiger partial charge in [-0.15, -0.1) is 0 Å². The summed E-state index contributed by atoms with van der Waals surface area (Å²) in [5.74, 6) is -0.400. The molecule has 0 fully saturated rings. The fraction of sp³-hybridized carbons (Fsp3) is 0.400. The Morgan fingerprint density at radius 1 is 1.38 bits per heavy atom. The third-order valence-electron chi connectivity index (χ3n) is 4.75. The summed E-state index contributed by atoms with van der Waals surface area (Å²) in [6.45, 7) is 6.22. The zero-order valence-corrected chi connectivity index (χ0v) is 15.5. The number of esters is 1. The van der Waals surface area contributed by atoms with Gasteiger partial charge in [0.25, 0.3) is 0 Å². The fourth-order valence-corrected chi connectivity index (χ4v) is 3.35. The van der Waals surface area contributed by atoms with E-state index in [1.807, 2.05) is 0 Å². The Labute approximate surface area is 152 Å².